The van der Waals surface area contributed by atoms with E-state index in [-0.39, 0.29) is 24.0 Å². The van der Waals surface area contributed by atoms with Crippen molar-refractivity contribution in [2.75, 3.05) is 27.3 Å². The van der Waals surface area contributed by atoms with Gasteiger partial charge in [0, 0.05) is 37.6 Å². The molecule has 2 fully saturated rings. The number of methoxy groups -OCH3 is 2. The van der Waals surface area contributed by atoms with E-state index in [1.807, 2.05) is 0 Å². The second-order valence-electron chi connectivity index (χ2n) is 7.82. The number of fused-ring (bicyclic) bond motifs is 3. The highest BCUT2D eigenvalue weighted by atomic mass is 16.5. The third kappa shape index (κ3) is 2.76. The van der Waals surface area contributed by atoms with Crippen LogP contribution >= 0.6 is 0 Å². The number of ether oxygens (including phenoxy) is 2. The molecule has 1 aromatic rings. The van der Waals surface area contributed by atoms with Gasteiger partial charge in [-0.05, 0) is 49.4 Å². The van der Waals surface area contributed by atoms with Crippen LogP contribution in [0.15, 0.2) is 12.1 Å². The molecule has 1 amide bonds. The number of nitrogens with two attached hydrogens (primary N) is 1. The Bertz CT molecular complexity index is 708. The molecule has 0 aromatic heterocycles. The van der Waals surface area contributed by atoms with Crippen molar-refractivity contribution in [1.29, 1.82) is 0 Å². The first-order valence-corrected chi connectivity index (χ1v) is 9.59. The summed E-state index contributed by atoms with van der Waals surface area (Å²) < 4.78 is 11.0. The normalized spacial score (nSPS) is 31.5. The molecule has 0 spiro atoms. The van der Waals surface area contributed by atoms with Crippen molar-refractivity contribution < 1.29 is 14.3 Å². The van der Waals surface area contributed by atoms with Crippen molar-refractivity contribution in [3.8, 4) is 11.5 Å². The number of hydrogen-bond acceptors (Lipinski definition) is 5. The molecular formula is C20H29N3O3. The van der Waals surface area contributed by atoms with Crippen LogP contribution in [0.5, 0.6) is 11.5 Å². The van der Waals surface area contributed by atoms with E-state index in [1.165, 1.54) is 11.1 Å². The average molecular weight is 359 g/mol. The first kappa shape index (κ1) is 17.6. The summed E-state index contributed by atoms with van der Waals surface area (Å²) in [4.78, 5) is 16.9. The minimum absolute atomic E-state index is 0.000188. The maximum atomic E-state index is 12.4. The van der Waals surface area contributed by atoms with E-state index in [9.17, 15) is 4.79 Å². The van der Waals surface area contributed by atoms with Crippen LogP contribution in [0.25, 0.3) is 0 Å². The zero-order chi connectivity index (χ0) is 18.4. The lowest BCUT2D eigenvalue weighted by Crippen LogP contribution is -2.61. The first-order chi connectivity index (χ1) is 12.5. The minimum Gasteiger partial charge on any atom is -0.493 e. The second-order valence-corrected chi connectivity index (χ2v) is 7.82. The SMILES string of the molecule is COc1cc2c(cc1OC)[C@@H]1CC(N)[C@@H](N3C(=O)CCC3C)CN1CC2. The summed E-state index contributed by atoms with van der Waals surface area (Å²) in [6.45, 7) is 3.99. The molecule has 4 atom stereocenters. The fraction of sp³-hybridized carbons (Fsp3) is 0.650. The van der Waals surface area contributed by atoms with Gasteiger partial charge in [0.1, 0.15) is 0 Å². The van der Waals surface area contributed by atoms with Crippen molar-refractivity contribution >= 4 is 5.91 Å². The molecule has 3 aliphatic rings. The third-order valence-corrected chi connectivity index (χ3v) is 6.42. The molecule has 1 aromatic carbocycles. The fourth-order valence-corrected chi connectivity index (χ4v) is 5.02. The number of likely N-dealkylation sites (tertiary alicyclic amines) is 1. The van der Waals surface area contributed by atoms with Crippen LogP contribution in [0, 0.1) is 0 Å². The van der Waals surface area contributed by atoms with Gasteiger partial charge in [0.25, 0.3) is 0 Å². The Morgan fingerprint density at radius 3 is 2.54 bits per heavy atom. The highest BCUT2D eigenvalue weighted by Crippen LogP contribution is 2.42. The van der Waals surface area contributed by atoms with Gasteiger partial charge in [-0.15, -0.1) is 0 Å². The summed E-state index contributed by atoms with van der Waals surface area (Å²) in [5, 5.41) is 0. The Balaban J connectivity index is 1.62. The number of hydrogen-bond donors (Lipinski definition) is 1. The molecule has 26 heavy (non-hydrogen) atoms. The lowest BCUT2D eigenvalue weighted by Gasteiger charge is -2.49. The lowest BCUT2D eigenvalue weighted by molar-refractivity contribution is -0.133. The second kappa shape index (κ2) is 6.74. The number of carbonyl (C=O) groups is 1. The predicted molar refractivity (Wildman–Crippen MR) is 99.5 cm³/mol. The van der Waals surface area contributed by atoms with Gasteiger partial charge in [-0.25, -0.2) is 0 Å². The maximum absolute atomic E-state index is 12.4. The lowest BCUT2D eigenvalue weighted by atomic mass is 9.82. The molecule has 2 unspecified atom stereocenters. The number of benzene rings is 1. The van der Waals surface area contributed by atoms with E-state index >= 15 is 0 Å². The maximum Gasteiger partial charge on any atom is 0.223 e. The van der Waals surface area contributed by atoms with Crippen molar-refractivity contribution in [2.24, 2.45) is 5.73 Å². The number of amides is 1. The molecule has 142 valence electrons. The van der Waals surface area contributed by atoms with E-state index < -0.39 is 0 Å². The van der Waals surface area contributed by atoms with Gasteiger partial charge in [0.2, 0.25) is 5.91 Å². The molecule has 2 saturated heterocycles. The monoisotopic (exact) mass is 359 g/mol. The zero-order valence-electron chi connectivity index (χ0n) is 15.9. The molecule has 3 heterocycles. The molecule has 0 bridgehead atoms. The third-order valence-electron chi connectivity index (χ3n) is 6.42. The molecular weight excluding hydrogens is 330 g/mol. The first-order valence-electron chi connectivity index (χ1n) is 9.59. The Morgan fingerprint density at radius 2 is 1.88 bits per heavy atom. The minimum atomic E-state index is -0.000188. The quantitative estimate of drug-likeness (QED) is 0.890. The van der Waals surface area contributed by atoms with Crippen LogP contribution < -0.4 is 15.2 Å². The Hall–Kier alpha value is -1.79. The van der Waals surface area contributed by atoms with E-state index in [0.29, 0.717) is 12.5 Å². The number of nitrogens with zero attached hydrogens (tertiary/aromatic N) is 2. The fourth-order valence-electron chi connectivity index (χ4n) is 5.02. The van der Waals surface area contributed by atoms with Gasteiger partial charge < -0.3 is 20.1 Å². The largest absolute Gasteiger partial charge is 0.493 e. The van der Waals surface area contributed by atoms with Crippen LogP contribution in [0.4, 0.5) is 0 Å². The molecule has 3 aliphatic heterocycles. The van der Waals surface area contributed by atoms with Crippen molar-refractivity contribution in [1.82, 2.24) is 9.80 Å². The van der Waals surface area contributed by atoms with Gasteiger partial charge in [0.05, 0.1) is 20.3 Å². The molecule has 0 saturated carbocycles. The summed E-state index contributed by atoms with van der Waals surface area (Å²) in [6.07, 6.45) is 3.46. The van der Waals surface area contributed by atoms with E-state index in [1.54, 1.807) is 14.2 Å². The van der Waals surface area contributed by atoms with Crippen molar-refractivity contribution in [2.45, 2.75) is 56.8 Å². The number of piperidine rings is 1. The highest BCUT2D eigenvalue weighted by molar-refractivity contribution is 5.79. The summed E-state index contributed by atoms with van der Waals surface area (Å²) in [5.41, 5.74) is 9.21. The Morgan fingerprint density at radius 1 is 1.15 bits per heavy atom. The predicted octanol–water partition coefficient (Wildman–Crippen LogP) is 1.71. The standard InChI is InChI=1S/C20H29N3O3/c1-12-4-5-20(24)23(12)17-11-22-7-6-13-8-18(25-2)19(26-3)9-14(13)16(22)10-15(17)21/h8-9,12,15-17H,4-7,10-11,21H2,1-3H3/t12?,15?,16-,17-/m0/s1. The topological polar surface area (TPSA) is 68.0 Å². The van der Waals surface area contributed by atoms with Crippen LogP contribution in [-0.2, 0) is 11.2 Å². The van der Waals surface area contributed by atoms with Gasteiger partial charge in [-0.3, -0.25) is 9.69 Å². The summed E-state index contributed by atoms with van der Waals surface area (Å²) in [6, 6.07) is 4.93. The molecule has 6 nitrogen and oxygen atoms in total. The zero-order valence-corrected chi connectivity index (χ0v) is 15.9. The van der Waals surface area contributed by atoms with E-state index in [2.05, 4.69) is 28.9 Å². The molecule has 4 rings (SSSR count). The van der Waals surface area contributed by atoms with Gasteiger partial charge >= 0.3 is 0 Å². The van der Waals surface area contributed by atoms with Crippen molar-refractivity contribution in [3.63, 3.8) is 0 Å². The van der Waals surface area contributed by atoms with Crippen LogP contribution in [0.2, 0.25) is 0 Å². The van der Waals surface area contributed by atoms with E-state index in [0.717, 1.165) is 43.9 Å². The Kier molecular flexibility index (Phi) is 4.57. The van der Waals surface area contributed by atoms with Crippen LogP contribution in [0.3, 0.4) is 0 Å². The van der Waals surface area contributed by atoms with Crippen LogP contribution in [0.1, 0.15) is 43.4 Å². The smallest absolute Gasteiger partial charge is 0.223 e. The van der Waals surface area contributed by atoms with Crippen molar-refractivity contribution in [3.05, 3.63) is 23.3 Å². The number of carbonyl (C=O) groups excluding carboxylic acids is 1. The molecule has 6 heteroatoms. The number of rotatable bonds is 3. The highest BCUT2D eigenvalue weighted by Gasteiger charge is 2.44. The molecule has 0 aliphatic carbocycles. The van der Waals surface area contributed by atoms with Gasteiger partial charge in [0.15, 0.2) is 11.5 Å². The summed E-state index contributed by atoms with van der Waals surface area (Å²) >= 11 is 0. The Labute approximate surface area is 155 Å². The van der Waals surface area contributed by atoms with Crippen LogP contribution in [-0.4, -0.2) is 61.1 Å². The molecule has 2 N–H and O–H groups in total. The average Bonchev–Trinajstić information content (AvgIpc) is 2.98. The van der Waals surface area contributed by atoms with E-state index in [4.69, 9.17) is 15.2 Å². The molecule has 0 radical (unpaired) electrons. The summed E-state index contributed by atoms with van der Waals surface area (Å²) in [5.74, 6) is 1.82. The van der Waals surface area contributed by atoms with Gasteiger partial charge in [-0.1, -0.05) is 0 Å². The summed E-state index contributed by atoms with van der Waals surface area (Å²) in [7, 11) is 3.35. The van der Waals surface area contributed by atoms with Gasteiger partial charge in [-0.2, -0.15) is 0 Å².